The number of ether oxygens (including phenoxy) is 2. The lowest BCUT2D eigenvalue weighted by Gasteiger charge is -2.27. The van der Waals surface area contributed by atoms with E-state index in [2.05, 4.69) is 10.6 Å². The number of amides is 5. The number of anilines is 2. The van der Waals surface area contributed by atoms with E-state index >= 15 is 0 Å². The van der Waals surface area contributed by atoms with Crippen molar-refractivity contribution in [2.75, 3.05) is 23.9 Å². The smallest absolute Gasteiger partial charge is 0.335 e. The van der Waals surface area contributed by atoms with Gasteiger partial charge in [-0.3, -0.25) is 19.7 Å². The molecule has 0 spiro atoms. The quantitative estimate of drug-likeness (QED) is 0.295. The van der Waals surface area contributed by atoms with E-state index in [4.69, 9.17) is 32.7 Å². The second-order valence-corrected chi connectivity index (χ2v) is 9.45. The van der Waals surface area contributed by atoms with Crippen LogP contribution in [0.1, 0.15) is 16.7 Å². The van der Waals surface area contributed by atoms with Crippen LogP contribution in [0, 0.1) is 13.8 Å². The van der Waals surface area contributed by atoms with Crippen LogP contribution in [-0.2, 0) is 14.4 Å². The van der Waals surface area contributed by atoms with Crippen LogP contribution < -0.4 is 25.0 Å². The minimum absolute atomic E-state index is 0.0752. The number of methoxy groups -OCH3 is 1. The summed E-state index contributed by atoms with van der Waals surface area (Å²) in [6, 6.07) is 13.8. The molecule has 0 saturated carbocycles. The number of carbonyl (C=O) groups excluding carboxylic acids is 4. The maximum Gasteiger partial charge on any atom is 0.335 e. The molecular weight excluding hydrogens is 545 g/mol. The van der Waals surface area contributed by atoms with Gasteiger partial charge in [0.15, 0.2) is 18.1 Å². The van der Waals surface area contributed by atoms with Gasteiger partial charge in [0.1, 0.15) is 5.57 Å². The SMILES string of the molecule is COc1cc(/C=C2\C(=O)NC(=O)N(c3ccc(C)c(C)c3)C2=O)cc(Cl)c1OCC(=O)Nc1ccc(Cl)cc1. The van der Waals surface area contributed by atoms with Gasteiger partial charge < -0.3 is 14.8 Å². The Bertz CT molecular complexity index is 1520. The number of hydrogen-bond donors (Lipinski definition) is 2. The molecule has 0 bridgehead atoms. The van der Waals surface area contributed by atoms with Gasteiger partial charge in [-0.2, -0.15) is 0 Å². The summed E-state index contributed by atoms with van der Waals surface area (Å²) in [6.45, 7) is 3.39. The Morgan fingerprint density at radius 1 is 1.00 bits per heavy atom. The predicted octanol–water partition coefficient (Wildman–Crippen LogP) is 5.30. The molecule has 5 amide bonds. The Balaban J connectivity index is 1.56. The number of aryl methyl sites for hydroxylation is 2. The minimum atomic E-state index is -0.848. The first-order chi connectivity index (χ1) is 18.6. The fraction of sp³-hybridized carbons (Fsp3) is 0.143. The molecule has 3 aromatic carbocycles. The molecule has 1 fully saturated rings. The monoisotopic (exact) mass is 567 g/mol. The minimum Gasteiger partial charge on any atom is -0.493 e. The summed E-state index contributed by atoms with van der Waals surface area (Å²) in [5, 5.41) is 5.47. The van der Waals surface area contributed by atoms with Gasteiger partial charge in [0, 0.05) is 10.7 Å². The third-order valence-electron chi connectivity index (χ3n) is 5.89. The van der Waals surface area contributed by atoms with Crippen molar-refractivity contribution < 1.29 is 28.7 Å². The lowest BCUT2D eigenvalue weighted by Crippen LogP contribution is -2.54. The van der Waals surface area contributed by atoms with Gasteiger partial charge in [0.05, 0.1) is 17.8 Å². The largest absolute Gasteiger partial charge is 0.493 e. The van der Waals surface area contributed by atoms with E-state index in [0.29, 0.717) is 22.0 Å². The van der Waals surface area contributed by atoms with Crippen LogP contribution in [0.3, 0.4) is 0 Å². The highest BCUT2D eigenvalue weighted by molar-refractivity contribution is 6.39. The van der Waals surface area contributed by atoms with Crippen molar-refractivity contribution in [3.8, 4) is 11.5 Å². The molecule has 11 heteroatoms. The van der Waals surface area contributed by atoms with Crippen LogP contribution in [-0.4, -0.2) is 37.5 Å². The topological polar surface area (TPSA) is 114 Å². The molecule has 200 valence electrons. The molecular formula is C28H23Cl2N3O6. The van der Waals surface area contributed by atoms with E-state index in [0.717, 1.165) is 16.0 Å². The molecule has 1 heterocycles. The van der Waals surface area contributed by atoms with Crippen LogP contribution in [0.2, 0.25) is 10.0 Å². The molecule has 2 N–H and O–H groups in total. The van der Waals surface area contributed by atoms with Gasteiger partial charge >= 0.3 is 6.03 Å². The maximum absolute atomic E-state index is 13.2. The third kappa shape index (κ3) is 6.22. The van der Waals surface area contributed by atoms with Crippen molar-refractivity contribution in [2.24, 2.45) is 0 Å². The number of nitrogens with zero attached hydrogens (tertiary/aromatic N) is 1. The Morgan fingerprint density at radius 3 is 2.38 bits per heavy atom. The third-order valence-corrected chi connectivity index (χ3v) is 6.42. The summed E-state index contributed by atoms with van der Waals surface area (Å²) >= 11 is 12.3. The van der Waals surface area contributed by atoms with Gasteiger partial charge in [0.2, 0.25) is 0 Å². The van der Waals surface area contributed by atoms with Crippen LogP contribution in [0.25, 0.3) is 6.08 Å². The Morgan fingerprint density at radius 2 is 1.72 bits per heavy atom. The second-order valence-electron chi connectivity index (χ2n) is 8.60. The van der Waals surface area contributed by atoms with Crippen molar-refractivity contribution in [2.45, 2.75) is 13.8 Å². The molecule has 0 radical (unpaired) electrons. The molecule has 1 saturated heterocycles. The summed E-state index contributed by atoms with van der Waals surface area (Å²) in [5.41, 5.74) is 2.79. The van der Waals surface area contributed by atoms with Gasteiger partial charge in [0.25, 0.3) is 17.7 Å². The number of urea groups is 1. The zero-order valence-electron chi connectivity index (χ0n) is 21.1. The number of imide groups is 2. The summed E-state index contributed by atoms with van der Waals surface area (Å²) in [4.78, 5) is 51.6. The maximum atomic E-state index is 13.2. The standard InChI is InChI=1S/C28H23Cl2N3O6/c1-15-4-9-20(10-16(15)2)33-27(36)21(26(35)32-28(33)37)11-17-12-22(30)25(23(13-17)38-3)39-14-24(34)31-19-7-5-18(29)6-8-19/h4-13H,14H2,1-3H3,(H,31,34)(H,32,35,37)/b21-11+. The van der Waals surface area contributed by atoms with Gasteiger partial charge in [-0.25, -0.2) is 9.69 Å². The number of barbiturate groups is 1. The molecule has 0 unspecified atom stereocenters. The molecule has 3 aromatic rings. The number of carbonyl (C=O) groups is 4. The molecule has 39 heavy (non-hydrogen) atoms. The number of hydrogen-bond acceptors (Lipinski definition) is 6. The van der Waals surface area contributed by atoms with E-state index in [1.807, 2.05) is 13.8 Å². The van der Waals surface area contributed by atoms with Crippen molar-refractivity contribution >= 4 is 64.4 Å². The predicted molar refractivity (Wildman–Crippen MR) is 148 cm³/mol. The Labute approximate surface area is 234 Å². The normalized spacial score (nSPS) is 14.3. The molecule has 1 aliphatic rings. The van der Waals surface area contributed by atoms with Crippen molar-refractivity contribution in [3.63, 3.8) is 0 Å². The van der Waals surface area contributed by atoms with E-state index in [1.54, 1.807) is 42.5 Å². The number of benzene rings is 3. The summed E-state index contributed by atoms with van der Waals surface area (Å²) in [6.07, 6.45) is 1.30. The number of rotatable bonds is 7. The van der Waals surface area contributed by atoms with E-state index in [-0.39, 0.29) is 28.7 Å². The molecule has 9 nitrogen and oxygen atoms in total. The van der Waals surface area contributed by atoms with Crippen LogP contribution in [0.5, 0.6) is 11.5 Å². The van der Waals surface area contributed by atoms with Crippen molar-refractivity contribution in [1.29, 1.82) is 0 Å². The van der Waals surface area contributed by atoms with Crippen LogP contribution in [0.15, 0.2) is 60.2 Å². The highest BCUT2D eigenvalue weighted by atomic mass is 35.5. The Hall–Kier alpha value is -4.34. The lowest BCUT2D eigenvalue weighted by atomic mass is 10.0. The average Bonchev–Trinajstić information content (AvgIpc) is 2.89. The highest BCUT2D eigenvalue weighted by Gasteiger charge is 2.37. The average molecular weight is 568 g/mol. The van der Waals surface area contributed by atoms with Crippen LogP contribution >= 0.6 is 23.2 Å². The lowest BCUT2D eigenvalue weighted by molar-refractivity contribution is -0.122. The number of nitrogens with one attached hydrogen (secondary N) is 2. The van der Waals surface area contributed by atoms with Gasteiger partial charge in [-0.05, 0) is 85.1 Å². The van der Waals surface area contributed by atoms with E-state index < -0.39 is 23.8 Å². The van der Waals surface area contributed by atoms with Gasteiger partial charge in [-0.1, -0.05) is 29.3 Å². The molecule has 4 rings (SSSR count). The second kappa shape index (κ2) is 11.6. The van der Waals surface area contributed by atoms with E-state index in [1.165, 1.54) is 25.3 Å². The van der Waals surface area contributed by atoms with Crippen molar-refractivity contribution in [3.05, 3.63) is 86.9 Å². The van der Waals surface area contributed by atoms with Crippen LogP contribution in [0.4, 0.5) is 16.2 Å². The van der Waals surface area contributed by atoms with E-state index in [9.17, 15) is 19.2 Å². The molecule has 0 atom stereocenters. The molecule has 0 aromatic heterocycles. The number of halogens is 2. The van der Waals surface area contributed by atoms with Crippen molar-refractivity contribution in [1.82, 2.24) is 5.32 Å². The summed E-state index contributed by atoms with van der Waals surface area (Å²) in [7, 11) is 1.38. The summed E-state index contributed by atoms with van der Waals surface area (Å²) in [5.74, 6) is -1.82. The molecule has 1 aliphatic heterocycles. The molecule has 0 aliphatic carbocycles. The first-order valence-corrected chi connectivity index (χ1v) is 12.4. The Kier molecular flexibility index (Phi) is 8.23. The zero-order chi connectivity index (χ0) is 28.3. The zero-order valence-corrected chi connectivity index (χ0v) is 22.6. The fourth-order valence-corrected chi connectivity index (χ4v) is 4.15. The summed E-state index contributed by atoms with van der Waals surface area (Å²) < 4.78 is 11.0. The first kappa shape index (κ1) is 27.7. The fourth-order valence-electron chi connectivity index (χ4n) is 3.75. The van der Waals surface area contributed by atoms with Gasteiger partial charge in [-0.15, -0.1) is 0 Å². The first-order valence-electron chi connectivity index (χ1n) is 11.6. The highest BCUT2D eigenvalue weighted by Crippen LogP contribution is 2.37.